The zero-order chi connectivity index (χ0) is 23.2. The van der Waals surface area contributed by atoms with Crippen LogP contribution in [0, 0.1) is 34.5 Å². The van der Waals surface area contributed by atoms with Gasteiger partial charge in [0.25, 0.3) is 0 Å². The van der Waals surface area contributed by atoms with Crippen LogP contribution < -0.4 is 4.74 Å². The Labute approximate surface area is 196 Å². The van der Waals surface area contributed by atoms with E-state index in [0.717, 1.165) is 10.9 Å². The van der Waals surface area contributed by atoms with E-state index in [0.29, 0.717) is 11.5 Å². The minimum Gasteiger partial charge on any atom is -0.467 e. The molecule has 2 bridgehead atoms. The summed E-state index contributed by atoms with van der Waals surface area (Å²) >= 11 is 3.40. The molecule has 1 unspecified atom stereocenters. The predicted octanol–water partition coefficient (Wildman–Crippen LogP) is 3.06. The quantitative estimate of drug-likeness (QED) is 0.548. The van der Waals surface area contributed by atoms with Crippen LogP contribution in [0.3, 0.4) is 0 Å². The minimum atomic E-state index is -1.96. The van der Waals surface area contributed by atoms with E-state index in [4.69, 9.17) is 4.74 Å². The van der Waals surface area contributed by atoms with Crippen LogP contribution in [0.1, 0.15) is 34.1 Å². The predicted molar refractivity (Wildman–Crippen MR) is 122 cm³/mol. The first-order valence-electron chi connectivity index (χ1n) is 11.2. The molecule has 6 nitrogen and oxygen atoms in total. The maximum absolute atomic E-state index is 14.3. The zero-order valence-corrected chi connectivity index (χ0v) is 20.3. The van der Waals surface area contributed by atoms with Crippen LogP contribution in [0.4, 0.5) is 0 Å². The number of aliphatic hydroxyl groups excluding tert-OH is 2. The Hall–Kier alpha value is -1.54. The first-order chi connectivity index (χ1) is 15.0. The van der Waals surface area contributed by atoms with Crippen LogP contribution in [0.15, 0.2) is 46.1 Å². The number of aliphatic hydroxyl groups is 3. The Morgan fingerprint density at radius 1 is 1.34 bits per heavy atom. The van der Waals surface area contributed by atoms with E-state index in [-0.39, 0.29) is 34.5 Å². The number of hydrogen-bond acceptors (Lipinski definition) is 6. The highest BCUT2D eigenvalue weighted by molar-refractivity contribution is 9.10. The molecule has 1 spiro atoms. The summed E-state index contributed by atoms with van der Waals surface area (Å²) in [5.41, 5.74) is -2.30. The van der Waals surface area contributed by atoms with Crippen molar-refractivity contribution < 1.29 is 24.9 Å². The van der Waals surface area contributed by atoms with Crippen molar-refractivity contribution in [2.45, 2.75) is 51.9 Å². The van der Waals surface area contributed by atoms with Crippen molar-refractivity contribution >= 4 is 21.7 Å². The molecule has 1 heterocycles. The third-order valence-electron chi connectivity index (χ3n) is 8.83. The van der Waals surface area contributed by atoms with Gasteiger partial charge in [0.1, 0.15) is 6.10 Å². The summed E-state index contributed by atoms with van der Waals surface area (Å²) < 4.78 is 6.95. The normalized spacial score (nSPS) is 43.9. The van der Waals surface area contributed by atoms with Gasteiger partial charge >= 0.3 is 0 Å². The molecule has 0 amide bonds. The lowest BCUT2D eigenvalue weighted by Crippen LogP contribution is -2.66. The van der Waals surface area contributed by atoms with E-state index in [1.807, 2.05) is 19.9 Å². The lowest BCUT2D eigenvalue weighted by Gasteiger charge is -2.48. The minimum absolute atomic E-state index is 0.00811. The Morgan fingerprint density at radius 3 is 2.72 bits per heavy atom. The molecular formula is C25H30BrNO5. The average molecular weight is 504 g/mol. The second-order valence-electron chi connectivity index (χ2n) is 10.7. The third-order valence-corrected chi connectivity index (χ3v) is 9.33. The molecule has 8 atom stereocenters. The molecule has 4 aliphatic rings. The standard InChI is InChI=1S/C25H30BrNO5/c1-12-10-24-13(2)7-17-19(23(17,3)4)16(21(24)30)8-14(11-28)20(29)25(24,31)22(12)32-18-9-15(26)5-6-27-18/h5-6,8-10,13,16-17,19-20,22,28-29,31H,7,11H2,1-4H3/t13-,16+,17-,19+,20-,22+,24?,25+/m1/s1. The molecule has 7 heteroatoms. The van der Waals surface area contributed by atoms with Gasteiger partial charge in [-0.1, -0.05) is 48.9 Å². The number of allylic oxidation sites excluding steroid dienone is 1. The van der Waals surface area contributed by atoms with Crippen LogP contribution in [0.25, 0.3) is 0 Å². The van der Waals surface area contributed by atoms with E-state index in [9.17, 15) is 20.1 Å². The van der Waals surface area contributed by atoms with Gasteiger partial charge in [0.15, 0.2) is 17.5 Å². The molecule has 3 N–H and O–H groups in total. The molecule has 5 rings (SSSR count). The first-order valence-corrected chi connectivity index (χ1v) is 12.0. The number of ketones is 1. The Bertz CT molecular complexity index is 1050. The fourth-order valence-electron chi connectivity index (χ4n) is 7.16. The van der Waals surface area contributed by atoms with Crippen molar-refractivity contribution in [1.82, 2.24) is 4.98 Å². The SMILES string of the molecule is CC1=CC23C(=O)[C@@H](C=C(CO)[C@@H](O)[C@]2(O)[C@H]1Oc1cc(Br)ccn1)[C@H]1[C@@H](C[C@H]3C)C1(C)C. The molecule has 2 saturated carbocycles. The zero-order valence-electron chi connectivity index (χ0n) is 18.7. The van der Waals surface area contributed by atoms with Gasteiger partial charge < -0.3 is 20.1 Å². The van der Waals surface area contributed by atoms with Crippen molar-refractivity contribution in [2.75, 3.05) is 6.61 Å². The number of nitrogens with zero attached hydrogens (tertiary/aromatic N) is 1. The van der Waals surface area contributed by atoms with Gasteiger partial charge in [0.2, 0.25) is 5.88 Å². The molecule has 2 fully saturated rings. The Morgan fingerprint density at radius 2 is 2.06 bits per heavy atom. The van der Waals surface area contributed by atoms with E-state index in [1.54, 1.807) is 24.4 Å². The summed E-state index contributed by atoms with van der Waals surface area (Å²) in [4.78, 5) is 18.5. The summed E-state index contributed by atoms with van der Waals surface area (Å²) in [5.74, 6) is 0.00999. The molecule has 0 aromatic carbocycles. The van der Waals surface area contributed by atoms with Crippen molar-refractivity contribution in [3.8, 4) is 5.88 Å². The first kappa shape index (κ1) is 22.3. The lowest BCUT2D eigenvalue weighted by molar-refractivity contribution is -0.186. The van der Waals surface area contributed by atoms with Crippen molar-refractivity contribution in [3.05, 3.63) is 46.1 Å². The van der Waals surface area contributed by atoms with E-state index in [1.165, 1.54) is 0 Å². The third kappa shape index (κ3) is 2.62. The molecule has 0 radical (unpaired) electrons. The highest BCUT2D eigenvalue weighted by Crippen LogP contribution is 2.71. The van der Waals surface area contributed by atoms with Gasteiger partial charge in [-0.25, -0.2) is 4.98 Å². The number of rotatable bonds is 3. The number of fused-ring (bicyclic) bond motifs is 3. The molecule has 172 valence electrons. The van der Waals surface area contributed by atoms with Crippen LogP contribution in [0.2, 0.25) is 0 Å². The number of halogens is 1. The number of hydrogen-bond donors (Lipinski definition) is 3. The van der Waals surface area contributed by atoms with E-state index < -0.39 is 35.7 Å². The fourth-order valence-corrected chi connectivity index (χ4v) is 7.48. The molecule has 1 aromatic rings. The van der Waals surface area contributed by atoms with Crippen LogP contribution >= 0.6 is 15.9 Å². The highest BCUT2D eigenvalue weighted by atomic mass is 79.9. The van der Waals surface area contributed by atoms with Gasteiger partial charge in [0.05, 0.1) is 12.0 Å². The van der Waals surface area contributed by atoms with Crippen LogP contribution in [-0.2, 0) is 4.79 Å². The van der Waals surface area contributed by atoms with Crippen molar-refractivity contribution in [1.29, 1.82) is 0 Å². The molecular weight excluding hydrogens is 474 g/mol. The number of Topliss-reactive ketones (excluding diaryl/α,β-unsaturated/α-hetero) is 1. The van der Waals surface area contributed by atoms with Crippen LogP contribution in [0.5, 0.6) is 5.88 Å². The molecule has 0 saturated heterocycles. The maximum atomic E-state index is 14.3. The van der Waals surface area contributed by atoms with E-state index in [2.05, 4.69) is 34.8 Å². The number of ether oxygens (including phenoxy) is 1. The molecule has 4 aliphatic carbocycles. The molecule has 0 aliphatic heterocycles. The second kappa shape index (κ2) is 6.98. The summed E-state index contributed by atoms with van der Waals surface area (Å²) in [7, 11) is 0. The van der Waals surface area contributed by atoms with Crippen molar-refractivity contribution in [2.24, 2.45) is 34.5 Å². The van der Waals surface area contributed by atoms with Gasteiger partial charge in [0, 0.05) is 22.7 Å². The Kier molecular flexibility index (Phi) is 4.86. The number of pyridine rings is 1. The van der Waals surface area contributed by atoms with Gasteiger partial charge in [-0.05, 0) is 53.7 Å². The molecule has 1 aromatic heterocycles. The number of carbonyl (C=O) groups is 1. The lowest BCUT2D eigenvalue weighted by atomic mass is 9.59. The highest BCUT2D eigenvalue weighted by Gasteiger charge is 2.76. The Balaban J connectivity index is 1.69. The second-order valence-corrected chi connectivity index (χ2v) is 11.6. The topological polar surface area (TPSA) is 99.9 Å². The maximum Gasteiger partial charge on any atom is 0.215 e. The van der Waals surface area contributed by atoms with E-state index >= 15 is 0 Å². The fraction of sp³-hybridized carbons (Fsp3) is 0.600. The largest absolute Gasteiger partial charge is 0.467 e. The average Bonchev–Trinajstić information content (AvgIpc) is 3.22. The van der Waals surface area contributed by atoms with Gasteiger partial charge in [-0.2, -0.15) is 0 Å². The van der Waals surface area contributed by atoms with Gasteiger partial charge in [-0.15, -0.1) is 0 Å². The summed E-state index contributed by atoms with van der Waals surface area (Å²) in [6, 6.07) is 3.45. The molecule has 32 heavy (non-hydrogen) atoms. The summed E-state index contributed by atoms with van der Waals surface area (Å²) in [6.07, 6.45) is 3.50. The van der Waals surface area contributed by atoms with Gasteiger partial charge in [-0.3, -0.25) is 4.79 Å². The summed E-state index contributed by atoms with van der Waals surface area (Å²) in [6.45, 7) is 7.75. The number of aromatic nitrogens is 1. The summed E-state index contributed by atoms with van der Waals surface area (Å²) in [5, 5.41) is 34.0. The monoisotopic (exact) mass is 503 g/mol. The van der Waals surface area contributed by atoms with Crippen LogP contribution in [-0.4, -0.2) is 50.5 Å². The van der Waals surface area contributed by atoms with Crippen molar-refractivity contribution in [3.63, 3.8) is 0 Å². The number of carbonyl (C=O) groups excluding carboxylic acids is 1. The smallest absolute Gasteiger partial charge is 0.215 e.